The highest BCUT2D eigenvalue weighted by Crippen LogP contribution is 2.32. The van der Waals surface area contributed by atoms with Crippen molar-refractivity contribution in [2.75, 3.05) is 27.4 Å². The van der Waals surface area contributed by atoms with E-state index in [1.165, 1.54) is 29.3 Å². The fraction of sp³-hybridized carbons (Fsp3) is 0.516. The lowest BCUT2D eigenvalue weighted by atomic mass is 9.83. The van der Waals surface area contributed by atoms with Crippen LogP contribution in [0.3, 0.4) is 0 Å². The molecular weight excluding hydrogens is 480 g/mol. The maximum absolute atomic E-state index is 6.15. The van der Waals surface area contributed by atoms with Crippen LogP contribution in [0.5, 0.6) is 11.5 Å². The zero-order chi connectivity index (χ0) is 26.2. The molecule has 0 spiro atoms. The first-order chi connectivity index (χ1) is 18.1. The molecule has 0 amide bonds. The molecule has 2 aromatic carbocycles. The minimum atomic E-state index is 0.528. The molecule has 0 aliphatic carbocycles. The van der Waals surface area contributed by atoms with Crippen molar-refractivity contribution in [3.8, 4) is 11.5 Å². The first kappa shape index (κ1) is 27.3. The van der Waals surface area contributed by atoms with Crippen LogP contribution in [0.2, 0.25) is 0 Å². The lowest BCUT2D eigenvalue weighted by Crippen LogP contribution is -2.36. The number of ether oxygens (including phenoxy) is 2. The van der Waals surface area contributed by atoms with Gasteiger partial charge in [0.05, 0.1) is 14.2 Å². The van der Waals surface area contributed by atoms with Gasteiger partial charge in [-0.25, -0.2) is 0 Å². The van der Waals surface area contributed by atoms with Crippen molar-refractivity contribution in [3.05, 3.63) is 59.0 Å². The summed E-state index contributed by atoms with van der Waals surface area (Å²) in [6, 6.07) is 14.9. The number of fused-ring (bicyclic) bond motifs is 1. The molecule has 0 saturated carbocycles. The second-order valence-electron chi connectivity index (χ2n) is 10.2. The highest BCUT2D eigenvalue weighted by molar-refractivity contribution is 7.17. The quantitative estimate of drug-likeness (QED) is 0.301. The smallest absolute Gasteiger partial charge is 0.175 e. The summed E-state index contributed by atoms with van der Waals surface area (Å²) in [4.78, 5) is 8.56. The van der Waals surface area contributed by atoms with E-state index in [4.69, 9.17) is 19.5 Å². The number of oxime groups is 1. The standard InChI is InChI=1S/C31H42N2O3S/c1-6-22-15-23(7-2)19-33(20-27-9-11-28(34-4)18-29(27)35-5)31(32-36-21-24(8-3)16-22)26-10-12-30-25(17-26)13-14-37-30/h9-14,17-18,22-24H,6-8,15-16,19-21H2,1-5H3. The first-order valence-corrected chi connectivity index (χ1v) is 14.6. The SMILES string of the molecule is CCC1CON=C(c2ccc3sccc3c2)N(Cc2ccc(OC)cc2OC)CC(CC)CC(CC)C1. The first-order valence-electron chi connectivity index (χ1n) is 13.7. The molecule has 3 aromatic rings. The molecule has 1 aromatic heterocycles. The van der Waals surface area contributed by atoms with E-state index in [0.29, 0.717) is 30.9 Å². The number of rotatable bonds is 8. The summed E-state index contributed by atoms with van der Waals surface area (Å²) < 4.78 is 12.5. The van der Waals surface area contributed by atoms with Gasteiger partial charge in [0.2, 0.25) is 0 Å². The summed E-state index contributed by atoms with van der Waals surface area (Å²) in [5.41, 5.74) is 2.20. The average Bonchev–Trinajstić information content (AvgIpc) is 3.40. The number of hydrogen-bond acceptors (Lipinski definition) is 6. The van der Waals surface area contributed by atoms with Crippen molar-refractivity contribution >= 4 is 27.3 Å². The van der Waals surface area contributed by atoms with E-state index < -0.39 is 0 Å². The molecule has 1 aliphatic heterocycles. The van der Waals surface area contributed by atoms with Gasteiger partial charge in [0, 0.05) is 35.0 Å². The fourth-order valence-electron chi connectivity index (χ4n) is 5.42. The maximum atomic E-state index is 6.15. The van der Waals surface area contributed by atoms with Crippen LogP contribution in [-0.4, -0.2) is 38.1 Å². The normalized spacial score (nSPS) is 21.2. The molecule has 4 rings (SSSR count). The molecule has 0 saturated heterocycles. The molecule has 200 valence electrons. The van der Waals surface area contributed by atoms with Gasteiger partial charge in [0.15, 0.2) is 5.84 Å². The Morgan fingerprint density at radius 3 is 2.43 bits per heavy atom. The summed E-state index contributed by atoms with van der Waals surface area (Å²) in [5, 5.41) is 8.24. The Morgan fingerprint density at radius 1 is 0.919 bits per heavy atom. The monoisotopic (exact) mass is 522 g/mol. The topological polar surface area (TPSA) is 43.3 Å². The second kappa shape index (κ2) is 13.2. The summed E-state index contributed by atoms with van der Waals surface area (Å²) in [7, 11) is 3.41. The highest BCUT2D eigenvalue weighted by Gasteiger charge is 2.26. The third kappa shape index (κ3) is 6.78. The summed E-state index contributed by atoms with van der Waals surface area (Å²) in [6.45, 7) is 9.20. The van der Waals surface area contributed by atoms with Crippen molar-refractivity contribution < 1.29 is 14.3 Å². The molecule has 2 heterocycles. The van der Waals surface area contributed by atoms with Crippen LogP contribution in [0.1, 0.15) is 64.0 Å². The van der Waals surface area contributed by atoms with Gasteiger partial charge in [-0.3, -0.25) is 0 Å². The highest BCUT2D eigenvalue weighted by atomic mass is 32.1. The lowest BCUT2D eigenvalue weighted by Gasteiger charge is -2.31. The van der Waals surface area contributed by atoms with Crippen molar-refractivity contribution in [1.29, 1.82) is 0 Å². The molecule has 0 fully saturated rings. The predicted octanol–water partition coefficient (Wildman–Crippen LogP) is 7.97. The average molecular weight is 523 g/mol. The van der Waals surface area contributed by atoms with Crippen molar-refractivity contribution in [2.24, 2.45) is 22.9 Å². The van der Waals surface area contributed by atoms with Gasteiger partial charge in [-0.2, -0.15) is 0 Å². The van der Waals surface area contributed by atoms with Crippen LogP contribution in [0.4, 0.5) is 0 Å². The molecular formula is C31H42N2O3S. The van der Waals surface area contributed by atoms with Crippen LogP contribution in [0, 0.1) is 17.8 Å². The molecule has 0 bridgehead atoms. The zero-order valence-electron chi connectivity index (χ0n) is 23.0. The molecule has 1 aliphatic rings. The molecule has 6 heteroatoms. The van der Waals surface area contributed by atoms with Crippen LogP contribution in [0.25, 0.3) is 10.1 Å². The van der Waals surface area contributed by atoms with Crippen molar-refractivity contribution in [2.45, 2.75) is 59.4 Å². The zero-order valence-corrected chi connectivity index (χ0v) is 23.9. The van der Waals surface area contributed by atoms with Crippen molar-refractivity contribution in [1.82, 2.24) is 4.90 Å². The number of methoxy groups -OCH3 is 2. The Morgan fingerprint density at radius 2 is 1.70 bits per heavy atom. The Hall–Kier alpha value is -2.73. The number of nitrogens with zero attached hydrogens (tertiary/aromatic N) is 2. The van der Waals surface area contributed by atoms with Crippen LogP contribution in [0.15, 0.2) is 53.0 Å². The van der Waals surface area contributed by atoms with Crippen LogP contribution in [-0.2, 0) is 11.4 Å². The van der Waals surface area contributed by atoms with Gasteiger partial charge in [0.1, 0.15) is 18.1 Å². The van der Waals surface area contributed by atoms with E-state index >= 15 is 0 Å². The van der Waals surface area contributed by atoms with Crippen LogP contribution >= 0.6 is 11.3 Å². The van der Waals surface area contributed by atoms with E-state index in [9.17, 15) is 0 Å². The molecule has 0 radical (unpaired) electrons. The summed E-state index contributed by atoms with van der Waals surface area (Å²) >= 11 is 1.77. The molecule has 37 heavy (non-hydrogen) atoms. The van der Waals surface area contributed by atoms with E-state index in [1.54, 1.807) is 25.6 Å². The number of hydrogen-bond donors (Lipinski definition) is 0. The van der Waals surface area contributed by atoms with Gasteiger partial charge in [0.25, 0.3) is 0 Å². The van der Waals surface area contributed by atoms with Gasteiger partial charge < -0.3 is 19.2 Å². The number of benzene rings is 2. The predicted molar refractivity (Wildman–Crippen MR) is 155 cm³/mol. The van der Waals surface area contributed by atoms with Gasteiger partial charge in [-0.1, -0.05) is 38.8 Å². The summed E-state index contributed by atoms with van der Waals surface area (Å²) in [5.74, 6) is 4.32. The van der Waals surface area contributed by atoms with Gasteiger partial charge in [-0.15, -0.1) is 11.3 Å². The largest absolute Gasteiger partial charge is 0.497 e. The fourth-order valence-corrected chi connectivity index (χ4v) is 6.19. The van der Waals surface area contributed by atoms with E-state index in [-0.39, 0.29) is 0 Å². The van der Waals surface area contributed by atoms with Crippen LogP contribution < -0.4 is 9.47 Å². The Bertz CT molecular complexity index is 1170. The second-order valence-corrected chi connectivity index (χ2v) is 11.2. The van der Waals surface area contributed by atoms with Gasteiger partial charge >= 0.3 is 0 Å². The van der Waals surface area contributed by atoms with Crippen molar-refractivity contribution in [3.63, 3.8) is 0 Å². The van der Waals surface area contributed by atoms with E-state index in [2.05, 4.69) is 61.4 Å². The van der Waals surface area contributed by atoms with E-state index in [0.717, 1.165) is 47.8 Å². The minimum absolute atomic E-state index is 0.528. The Kier molecular flexibility index (Phi) is 9.73. The van der Waals surface area contributed by atoms with Gasteiger partial charge in [-0.05, 0) is 84.2 Å². The molecule has 0 N–H and O–H groups in total. The third-order valence-electron chi connectivity index (χ3n) is 7.87. The number of amidine groups is 1. The number of thiophene rings is 1. The Balaban J connectivity index is 1.77. The maximum Gasteiger partial charge on any atom is 0.175 e. The minimum Gasteiger partial charge on any atom is -0.497 e. The summed E-state index contributed by atoms with van der Waals surface area (Å²) in [6.07, 6.45) is 5.91. The lowest BCUT2D eigenvalue weighted by molar-refractivity contribution is 0.0919. The molecule has 3 atom stereocenters. The Labute approximate surface area is 226 Å². The van der Waals surface area contributed by atoms with E-state index in [1.807, 2.05) is 12.1 Å². The molecule has 5 nitrogen and oxygen atoms in total. The third-order valence-corrected chi connectivity index (χ3v) is 8.77. The molecule has 3 unspecified atom stereocenters.